The van der Waals surface area contributed by atoms with Crippen LogP contribution in [0, 0.1) is 16.7 Å². The average Bonchev–Trinajstić information content (AvgIpc) is 2.74. The van der Waals surface area contributed by atoms with Crippen LogP contribution in [-0.2, 0) is 0 Å². The highest BCUT2D eigenvalue weighted by Gasteiger charge is 2.58. The zero-order valence-electron chi connectivity index (χ0n) is 10.2. The molecule has 2 atom stereocenters. The maximum absolute atomic E-state index is 10.5. The van der Waals surface area contributed by atoms with Crippen LogP contribution in [0.3, 0.4) is 0 Å². The molecule has 3 N–H and O–H groups in total. The van der Waals surface area contributed by atoms with Crippen LogP contribution >= 0.6 is 0 Å². The topological polar surface area (TPSA) is 67.5 Å². The van der Waals surface area contributed by atoms with Crippen LogP contribution < -0.4 is 11.2 Å². The Balaban J connectivity index is 2.64. The summed E-state index contributed by atoms with van der Waals surface area (Å²) in [5.41, 5.74) is 8.76. The minimum atomic E-state index is -0.604. The van der Waals surface area contributed by atoms with Gasteiger partial charge in [-0.3, -0.25) is 0 Å². The SMILES string of the molecule is C/C(=N/NC(N)=O)[C@H]1C[C@]1(C)C(C)(C)C. The summed E-state index contributed by atoms with van der Waals surface area (Å²) in [5, 5.41) is 3.99. The molecule has 1 fully saturated rings. The number of primary amides is 1. The van der Waals surface area contributed by atoms with Crippen molar-refractivity contribution < 1.29 is 4.79 Å². The molecule has 0 aliphatic heterocycles. The van der Waals surface area contributed by atoms with Crippen LogP contribution in [0.15, 0.2) is 5.10 Å². The van der Waals surface area contributed by atoms with E-state index >= 15 is 0 Å². The zero-order chi connectivity index (χ0) is 11.9. The van der Waals surface area contributed by atoms with Crippen molar-refractivity contribution in [2.45, 2.75) is 41.0 Å². The van der Waals surface area contributed by atoms with Crippen molar-refractivity contribution in [2.75, 3.05) is 0 Å². The maximum atomic E-state index is 10.5. The molecule has 0 spiro atoms. The van der Waals surface area contributed by atoms with E-state index in [9.17, 15) is 4.79 Å². The van der Waals surface area contributed by atoms with Crippen molar-refractivity contribution in [3.8, 4) is 0 Å². The van der Waals surface area contributed by atoms with Gasteiger partial charge in [0.25, 0.3) is 0 Å². The third kappa shape index (κ3) is 2.30. The van der Waals surface area contributed by atoms with Crippen molar-refractivity contribution >= 4 is 11.7 Å². The third-order valence-corrected chi connectivity index (χ3v) is 3.80. The molecule has 0 aromatic carbocycles. The molecule has 1 rings (SSSR count). The molecule has 86 valence electrons. The van der Waals surface area contributed by atoms with Gasteiger partial charge in [0, 0.05) is 11.6 Å². The van der Waals surface area contributed by atoms with E-state index in [0.717, 1.165) is 12.1 Å². The van der Waals surface area contributed by atoms with E-state index in [-0.39, 0.29) is 5.41 Å². The van der Waals surface area contributed by atoms with Gasteiger partial charge in [0.05, 0.1) is 0 Å². The smallest absolute Gasteiger partial charge is 0.332 e. The minimum Gasteiger partial charge on any atom is -0.350 e. The van der Waals surface area contributed by atoms with E-state index in [1.165, 1.54) is 0 Å². The van der Waals surface area contributed by atoms with E-state index in [2.05, 4.69) is 38.2 Å². The number of rotatable bonds is 2. The number of nitrogens with one attached hydrogen (secondary N) is 1. The van der Waals surface area contributed by atoms with Gasteiger partial charge >= 0.3 is 6.03 Å². The van der Waals surface area contributed by atoms with Crippen molar-refractivity contribution in [1.29, 1.82) is 0 Å². The molecule has 0 unspecified atom stereocenters. The molecular formula is C11H21N3O. The van der Waals surface area contributed by atoms with Crippen LogP contribution in [0.1, 0.15) is 41.0 Å². The molecule has 0 aromatic rings. The van der Waals surface area contributed by atoms with Crippen LogP contribution in [-0.4, -0.2) is 11.7 Å². The Bertz CT molecular complexity index is 303. The monoisotopic (exact) mass is 211 g/mol. The summed E-state index contributed by atoms with van der Waals surface area (Å²) in [4.78, 5) is 10.5. The van der Waals surface area contributed by atoms with E-state index in [4.69, 9.17) is 5.73 Å². The first-order chi connectivity index (χ1) is 6.68. The highest BCUT2D eigenvalue weighted by Crippen LogP contribution is 2.63. The Morgan fingerprint density at radius 2 is 2.07 bits per heavy atom. The Morgan fingerprint density at radius 3 is 2.40 bits per heavy atom. The molecule has 0 aromatic heterocycles. The lowest BCUT2D eigenvalue weighted by Gasteiger charge is -2.28. The van der Waals surface area contributed by atoms with Crippen molar-refractivity contribution in [2.24, 2.45) is 27.6 Å². The molecule has 1 aliphatic carbocycles. The fraction of sp³-hybridized carbons (Fsp3) is 0.818. The quantitative estimate of drug-likeness (QED) is 0.533. The van der Waals surface area contributed by atoms with E-state index in [0.29, 0.717) is 11.3 Å². The number of hydrogen-bond donors (Lipinski definition) is 2. The lowest BCUT2D eigenvalue weighted by molar-refractivity contribution is 0.226. The van der Waals surface area contributed by atoms with Gasteiger partial charge in [-0.15, -0.1) is 0 Å². The van der Waals surface area contributed by atoms with Gasteiger partial charge in [-0.2, -0.15) is 5.10 Å². The molecule has 0 bridgehead atoms. The number of carbonyl (C=O) groups excluding carboxylic acids is 1. The summed E-state index contributed by atoms with van der Waals surface area (Å²) in [7, 11) is 0. The fourth-order valence-electron chi connectivity index (χ4n) is 2.02. The van der Waals surface area contributed by atoms with E-state index < -0.39 is 6.03 Å². The molecule has 15 heavy (non-hydrogen) atoms. The molecule has 1 saturated carbocycles. The summed E-state index contributed by atoms with van der Waals surface area (Å²) in [6.45, 7) is 10.9. The molecule has 0 heterocycles. The summed E-state index contributed by atoms with van der Waals surface area (Å²) in [6.07, 6.45) is 1.13. The van der Waals surface area contributed by atoms with Crippen molar-refractivity contribution in [3.05, 3.63) is 0 Å². The second kappa shape index (κ2) is 3.51. The van der Waals surface area contributed by atoms with Gasteiger partial charge in [-0.25, -0.2) is 10.2 Å². The minimum absolute atomic E-state index is 0.265. The molecular weight excluding hydrogens is 190 g/mol. The molecule has 2 amide bonds. The van der Waals surface area contributed by atoms with Gasteiger partial charge in [-0.1, -0.05) is 27.7 Å². The molecule has 4 nitrogen and oxygen atoms in total. The normalized spacial score (nSPS) is 31.3. The average molecular weight is 211 g/mol. The van der Waals surface area contributed by atoms with Gasteiger partial charge in [0.1, 0.15) is 0 Å². The van der Waals surface area contributed by atoms with Crippen LogP contribution in [0.4, 0.5) is 4.79 Å². The van der Waals surface area contributed by atoms with E-state index in [1.807, 2.05) is 6.92 Å². The van der Waals surface area contributed by atoms with Crippen LogP contribution in [0.5, 0.6) is 0 Å². The van der Waals surface area contributed by atoms with Gasteiger partial charge < -0.3 is 5.73 Å². The lowest BCUT2D eigenvalue weighted by atomic mass is 9.77. The maximum Gasteiger partial charge on any atom is 0.332 e. The Hall–Kier alpha value is -1.06. The predicted molar refractivity (Wildman–Crippen MR) is 61.5 cm³/mol. The standard InChI is InChI=1S/C11H21N3O/c1-7(13-14-9(12)15)8-6-11(8,5)10(2,3)4/h8H,6H2,1-5H3,(H3,12,14,15)/b13-7-/t8-,11+/m1/s1. The first-order valence-corrected chi connectivity index (χ1v) is 5.28. The number of hydrazone groups is 1. The molecule has 0 saturated heterocycles. The zero-order valence-corrected chi connectivity index (χ0v) is 10.2. The Kier molecular flexibility index (Phi) is 2.81. The Morgan fingerprint density at radius 1 is 1.53 bits per heavy atom. The largest absolute Gasteiger partial charge is 0.350 e. The van der Waals surface area contributed by atoms with Crippen LogP contribution in [0.2, 0.25) is 0 Å². The summed E-state index contributed by atoms with van der Waals surface area (Å²) < 4.78 is 0. The predicted octanol–water partition coefficient (Wildman–Crippen LogP) is 2.10. The number of urea groups is 1. The van der Waals surface area contributed by atoms with Crippen molar-refractivity contribution in [3.63, 3.8) is 0 Å². The number of nitrogens with two attached hydrogens (primary N) is 1. The van der Waals surface area contributed by atoms with Crippen molar-refractivity contribution in [1.82, 2.24) is 5.43 Å². The third-order valence-electron chi connectivity index (χ3n) is 3.80. The fourth-order valence-corrected chi connectivity index (χ4v) is 2.02. The van der Waals surface area contributed by atoms with Crippen LogP contribution in [0.25, 0.3) is 0 Å². The number of hydrogen-bond acceptors (Lipinski definition) is 2. The van der Waals surface area contributed by atoms with Gasteiger partial charge in [0.2, 0.25) is 0 Å². The highest BCUT2D eigenvalue weighted by atomic mass is 16.2. The number of nitrogens with zero attached hydrogens (tertiary/aromatic N) is 1. The Labute approximate surface area is 91.3 Å². The first kappa shape index (κ1) is 12.0. The lowest BCUT2D eigenvalue weighted by Crippen LogP contribution is -2.27. The van der Waals surface area contributed by atoms with Gasteiger partial charge in [0.15, 0.2) is 0 Å². The molecule has 1 aliphatic rings. The number of amides is 2. The van der Waals surface area contributed by atoms with E-state index in [1.54, 1.807) is 0 Å². The molecule has 4 heteroatoms. The second-order valence-electron chi connectivity index (χ2n) is 5.65. The number of carbonyl (C=O) groups is 1. The summed E-state index contributed by atoms with van der Waals surface area (Å²) >= 11 is 0. The highest BCUT2D eigenvalue weighted by molar-refractivity contribution is 5.89. The first-order valence-electron chi connectivity index (χ1n) is 5.28. The molecule has 0 radical (unpaired) electrons. The summed E-state index contributed by atoms with van der Waals surface area (Å²) in [5.74, 6) is 0.462. The van der Waals surface area contributed by atoms with Gasteiger partial charge in [-0.05, 0) is 24.2 Å². The summed E-state index contributed by atoms with van der Waals surface area (Å²) in [6, 6.07) is -0.604. The second-order valence-corrected chi connectivity index (χ2v) is 5.65.